The molecule has 0 fully saturated rings. The molecule has 0 aliphatic carbocycles. The molecule has 1 heterocycles. The van der Waals surface area contributed by atoms with E-state index in [0.29, 0.717) is 17.2 Å². The van der Waals surface area contributed by atoms with E-state index in [1.54, 1.807) is 30.3 Å². The van der Waals surface area contributed by atoms with Crippen molar-refractivity contribution in [3.05, 3.63) is 63.1 Å². The van der Waals surface area contributed by atoms with Crippen molar-refractivity contribution < 1.29 is 14.3 Å². The maximum atomic E-state index is 12.9. The Morgan fingerprint density at radius 2 is 1.62 bits per heavy atom. The van der Waals surface area contributed by atoms with Crippen molar-refractivity contribution in [1.29, 1.82) is 0 Å². The number of carbonyl (C=O) groups excluding carboxylic acids is 1. The molecule has 11 heteroatoms. The number of ether oxygens (including phenoxy) is 2. The van der Waals surface area contributed by atoms with E-state index in [1.165, 1.54) is 32.5 Å². The number of methoxy groups -OCH3 is 2. The molecule has 3 rings (SSSR count). The molecular weight excluding hydrogens is 477 g/mol. The van der Waals surface area contributed by atoms with Gasteiger partial charge in [0.1, 0.15) is 27.2 Å². The molecule has 8 nitrogen and oxygen atoms in total. The van der Waals surface area contributed by atoms with Crippen molar-refractivity contribution in [2.24, 2.45) is 0 Å². The van der Waals surface area contributed by atoms with Gasteiger partial charge < -0.3 is 14.8 Å². The number of urea groups is 1. The van der Waals surface area contributed by atoms with Crippen molar-refractivity contribution in [2.75, 3.05) is 31.5 Å². The first-order valence-electron chi connectivity index (χ1n) is 8.95. The number of rotatable bonds is 5. The van der Waals surface area contributed by atoms with Crippen molar-refractivity contribution in [3.8, 4) is 22.8 Å². The van der Waals surface area contributed by atoms with E-state index < -0.39 is 6.03 Å². The fourth-order valence-corrected chi connectivity index (χ4v) is 3.89. The van der Waals surface area contributed by atoms with Gasteiger partial charge >= 0.3 is 6.03 Å². The first-order valence-corrected chi connectivity index (χ1v) is 10.1. The summed E-state index contributed by atoms with van der Waals surface area (Å²) in [4.78, 5) is 25.9. The summed E-state index contributed by atoms with van der Waals surface area (Å²) in [6, 6.07) is 7.97. The normalized spacial score (nSPS) is 10.3. The zero-order chi connectivity index (χ0) is 23.4. The molecule has 32 heavy (non-hydrogen) atoms. The molecule has 0 saturated heterocycles. The molecule has 2 amide bonds. The van der Waals surface area contributed by atoms with E-state index in [2.05, 4.69) is 20.1 Å². The van der Waals surface area contributed by atoms with Gasteiger partial charge in [-0.2, -0.15) is 0 Å². The van der Waals surface area contributed by atoms with E-state index in [-0.39, 0.29) is 32.3 Å². The molecule has 0 aliphatic heterocycles. The lowest BCUT2D eigenvalue weighted by atomic mass is 10.1. The van der Waals surface area contributed by atoms with Crippen LogP contribution in [0.5, 0.6) is 11.5 Å². The predicted molar refractivity (Wildman–Crippen MR) is 126 cm³/mol. The lowest BCUT2D eigenvalue weighted by molar-refractivity contribution is 0.258. The molecule has 1 aromatic heterocycles. The third-order valence-electron chi connectivity index (χ3n) is 4.47. The quantitative estimate of drug-likeness (QED) is 0.420. The number of anilines is 2. The predicted octanol–water partition coefficient (Wildman–Crippen LogP) is 6.34. The van der Waals surface area contributed by atoms with Gasteiger partial charge in [-0.3, -0.25) is 4.90 Å². The van der Waals surface area contributed by atoms with Crippen molar-refractivity contribution >= 4 is 58.0 Å². The van der Waals surface area contributed by atoms with Gasteiger partial charge in [-0.1, -0.05) is 59.1 Å². The SMILES string of the molecule is [C-]#[N+]c1ccc(-c2cc(N(C)C(=O)Nc3c(Cl)c(OC)c(Cl)c(OC)c3Cl)ncn2)cc1. The fourth-order valence-electron chi connectivity index (χ4n) is 2.78. The minimum Gasteiger partial charge on any atom is -0.493 e. The lowest BCUT2D eigenvalue weighted by Crippen LogP contribution is -2.32. The molecule has 0 bridgehead atoms. The second kappa shape index (κ2) is 9.92. The molecule has 1 N–H and O–H groups in total. The average Bonchev–Trinajstić information content (AvgIpc) is 2.82. The van der Waals surface area contributed by atoms with Gasteiger partial charge in [0.05, 0.1) is 32.2 Å². The van der Waals surface area contributed by atoms with Crippen molar-refractivity contribution in [1.82, 2.24) is 9.97 Å². The summed E-state index contributed by atoms with van der Waals surface area (Å²) in [6.07, 6.45) is 1.34. The molecule has 0 atom stereocenters. The molecule has 0 spiro atoms. The standard InChI is InChI=1S/C21H16Cl3N5O3/c1-25-12-7-5-11(6-8-12)13-9-14(27-10-26-13)29(2)21(30)28-18-15(22)19(31-3)17(24)20(32-4)16(18)23/h5-10H,2-4H3,(H,28,30). The molecule has 0 aliphatic rings. The Labute approximate surface area is 199 Å². The Morgan fingerprint density at radius 1 is 1.03 bits per heavy atom. The average molecular weight is 493 g/mol. The van der Waals surface area contributed by atoms with Gasteiger partial charge in [0.25, 0.3) is 0 Å². The number of halogens is 3. The number of benzene rings is 2. The van der Waals surface area contributed by atoms with Gasteiger partial charge in [0, 0.05) is 13.1 Å². The van der Waals surface area contributed by atoms with Crippen LogP contribution in [0.3, 0.4) is 0 Å². The molecule has 0 saturated carbocycles. The Morgan fingerprint density at radius 3 is 2.16 bits per heavy atom. The number of nitrogens with zero attached hydrogens (tertiary/aromatic N) is 4. The Hall–Kier alpha value is -3.25. The van der Waals surface area contributed by atoms with Crippen LogP contribution >= 0.6 is 34.8 Å². The molecule has 164 valence electrons. The van der Waals surface area contributed by atoms with Crippen LogP contribution in [0.15, 0.2) is 36.7 Å². The van der Waals surface area contributed by atoms with Gasteiger partial charge in [-0.25, -0.2) is 19.6 Å². The number of aromatic nitrogens is 2. The Balaban J connectivity index is 1.91. The Kier molecular flexibility index (Phi) is 7.26. The first-order chi connectivity index (χ1) is 15.3. The minimum atomic E-state index is -0.576. The second-order valence-electron chi connectivity index (χ2n) is 6.29. The molecule has 2 aromatic carbocycles. The van der Waals surface area contributed by atoms with Crippen LogP contribution in [0.2, 0.25) is 15.1 Å². The summed E-state index contributed by atoms with van der Waals surface area (Å²) in [6.45, 7) is 7.05. The van der Waals surface area contributed by atoms with Crippen molar-refractivity contribution in [2.45, 2.75) is 0 Å². The summed E-state index contributed by atoms with van der Waals surface area (Å²) >= 11 is 18.9. The summed E-state index contributed by atoms with van der Waals surface area (Å²) in [7, 11) is 4.28. The summed E-state index contributed by atoms with van der Waals surface area (Å²) in [5.74, 6) is 0.543. The highest BCUT2D eigenvalue weighted by molar-refractivity contribution is 6.45. The van der Waals surface area contributed by atoms with Gasteiger partial charge in [-0.05, 0) is 5.56 Å². The first kappa shape index (κ1) is 23.4. The third kappa shape index (κ3) is 4.50. The minimum absolute atomic E-state index is 0.0216. The van der Waals surface area contributed by atoms with E-state index in [1.807, 2.05) is 0 Å². The van der Waals surface area contributed by atoms with E-state index in [9.17, 15) is 4.79 Å². The van der Waals surface area contributed by atoms with Crippen LogP contribution in [-0.2, 0) is 0 Å². The Bertz CT molecular complexity index is 1180. The topological polar surface area (TPSA) is 80.9 Å². The van der Waals surface area contributed by atoms with E-state index in [0.717, 1.165) is 5.56 Å². The van der Waals surface area contributed by atoms with Crippen LogP contribution < -0.4 is 19.7 Å². The number of hydrogen-bond donors (Lipinski definition) is 1. The summed E-state index contributed by atoms with van der Waals surface area (Å²) in [5, 5.41) is 2.77. The lowest BCUT2D eigenvalue weighted by Gasteiger charge is -2.21. The number of carbonyl (C=O) groups is 1. The van der Waals surface area contributed by atoms with Gasteiger partial charge in [-0.15, -0.1) is 0 Å². The maximum Gasteiger partial charge on any atom is 0.327 e. The van der Waals surface area contributed by atoms with Crippen LogP contribution in [-0.4, -0.2) is 37.3 Å². The van der Waals surface area contributed by atoms with Crippen LogP contribution in [0, 0.1) is 6.57 Å². The number of nitrogens with one attached hydrogen (secondary N) is 1. The van der Waals surface area contributed by atoms with Crippen molar-refractivity contribution in [3.63, 3.8) is 0 Å². The van der Waals surface area contributed by atoms with E-state index >= 15 is 0 Å². The van der Waals surface area contributed by atoms with E-state index in [4.69, 9.17) is 50.8 Å². The number of hydrogen-bond acceptors (Lipinski definition) is 5. The summed E-state index contributed by atoms with van der Waals surface area (Å²) in [5.41, 5.74) is 1.94. The third-order valence-corrected chi connectivity index (χ3v) is 5.53. The van der Waals surface area contributed by atoms with Gasteiger partial charge in [0.2, 0.25) is 0 Å². The number of amides is 2. The highest BCUT2D eigenvalue weighted by Gasteiger charge is 2.25. The summed E-state index contributed by atoms with van der Waals surface area (Å²) < 4.78 is 10.4. The van der Waals surface area contributed by atoms with Gasteiger partial charge in [0.15, 0.2) is 17.2 Å². The second-order valence-corrected chi connectivity index (χ2v) is 7.43. The maximum absolute atomic E-state index is 12.9. The van der Waals surface area contributed by atoms with Crippen LogP contribution in [0.25, 0.3) is 16.1 Å². The highest BCUT2D eigenvalue weighted by Crippen LogP contribution is 2.50. The zero-order valence-corrected chi connectivity index (χ0v) is 19.4. The zero-order valence-electron chi connectivity index (χ0n) is 17.1. The molecule has 0 radical (unpaired) electrons. The monoisotopic (exact) mass is 491 g/mol. The smallest absolute Gasteiger partial charge is 0.327 e. The molecular formula is C21H16Cl3N5O3. The highest BCUT2D eigenvalue weighted by atomic mass is 35.5. The fraction of sp³-hybridized carbons (Fsp3) is 0.143. The largest absolute Gasteiger partial charge is 0.493 e. The molecule has 0 unspecified atom stereocenters. The van der Waals surface area contributed by atoms with Crippen LogP contribution in [0.4, 0.5) is 22.0 Å². The molecule has 3 aromatic rings. The van der Waals surface area contributed by atoms with Crippen LogP contribution in [0.1, 0.15) is 0 Å².